The number of aryl methyl sites for hydroxylation is 1. The van der Waals surface area contributed by atoms with Gasteiger partial charge >= 0.3 is 5.97 Å². The normalized spacial score (nSPS) is 11.5. The summed E-state index contributed by atoms with van der Waals surface area (Å²) in [5.41, 5.74) is 1.70. The maximum absolute atomic E-state index is 12.5. The Morgan fingerprint density at radius 3 is 2.50 bits per heavy atom. The summed E-state index contributed by atoms with van der Waals surface area (Å²) in [6.45, 7) is 5.79. The van der Waals surface area contributed by atoms with Gasteiger partial charge in [0, 0.05) is 5.69 Å². The van der Waals surface area contributed by atoms with Gasteiger partial charge in [-0.2, -0.15) is 0 Å². The number of ether oxygens (including phenoxy) is 2. The SMILES string of the molecule is CCOC(=O)c1ccc(NC(=O)[C@@H](CC)Oc2ccccc2C)cc1Cl. The minimum absolute atomic E-state index is 0.217. The van der Waals surface area contributed by atoms with E-state index >= 15 is 0 Å². The van der Waals surface area contributed by atoms with Crippen molar-refractivity contribution in [1.82, 2.24) is 0 Å². The minimum Gasteiger partial charge on any atom is -0.480 e. The number of hydrogen-bond donors (Lipinski definition) is 1. The molecule has 1 atom stereocenters. The third-order valence-electron chi connectivity index (χ3n) is 3.76. The zero-order chi connectivity index (χ0) is 19.1. The second kappa shape index (κ2) is 9.25. The molecule has 0 aromatic heterocycles. The highest BCUT2D eigenvalue weighted by molar-refractivity contribution is 6.34. The fourth-order valence-corrected chi connectivity index (χ4v) is 2.61. The first-order valence-corrected chi connectivity index (χ1v) is 8.83. The van der Waals surface area contributed by atoms with Crippen LogP contribution >= 0.6 is 11.6 Å². The molecule has 0 fully saturated rings. The van der Waals surface area contributed by atoms with Crippen molar-refractivity contribution >= 4 is 29.2 Å². The van der Waals surface area contributed by atoms with Gasteiger partial charge in [-0.1, -0.05) is 36.7 Å². The topological polar surface area (TPSA) is 64.6 Å². The summed E-state index contributed by atoms with van der Waals surface area (Å²) in [6.07, 6.45) is -0.131. The van der Waals surface area contributed by atoms with E-state index in [9.17, 15) is 9.59 Å². The van der Waals surface area contributed by atoms with Crippen LogP contribution in [0.1, 0.15) is 36.2 Å². The number of hydrogen-bond acceptors (Lipinski definition) is 4. The summed E-state index contributed by atoms with van der Waals surface area (Å²) in [7, 11) is 0. The zero-order valence-electron chi connectivity index (χ0n) is 15.0. The van der Waals surface area contributed by atoms with Gasteiger partial charge < -0.3 is 14.8 Å². The van der Waals surface area contributed by atoms with Crippen molar-refractivity contribution in [3.8, 4) is 5.75 Å². The van der Waals surface area contributed by atoms with E-state index in [4.69, 9.17) is 21.1 Å². The van der Waals surface area contributed by atoms with Crippen LogP contribution in [0.2, 0.25) is 5.02 Å². The number of para-hydroxylation sites is 1. The van der Waals surface area contributed by atoms with Gasteiger partial charge in [0.2, 0.25) is 0 Å². The average Bonchev–Trinajstić information content (AvgIpc) is 2.61. The summed E-state index contributed by atoms with van der Waals surface area (Å²) < 4.78 is 10.8. The number of rotatable bonds is 7. The van der Waals surface area contributed by atoms with Crippen LogP contribution in [0.4, 0.5) is 5.69 Å². The molecule has 0 heterocycles. The molecule has 0 aliphatic heterocycles. The van der Waals surface area contributed by atoms with Crippen LogP contribution in [0.3, 0.4) is 0 Å². The summed E-state index contributed by atoms with van der Waals surface area (Å²) >= 11 is 6.12. The number of amides is 1. The lowest BCUT2D eigenvalue weighted by Gasteiger charge is -2.18. The fourth-order valence-electron chi connectivity index (χ4n) is 2.35. The molecule has 0 aliphatic carbocycles. The molecule has 0 unspecified atom stereocenters. The minimum atomic E-state index is -0.639. The van der Waals surface area contributed by atoms with Crippen LogP contribution in [0.15, 0.2) is 42.5 Å². The van der Waals surface area contributed by atoms with E-state index in [1.807, 2.05) is 38.1 Å². The van der Waals surface area contributed by atoms with Crippen LogP contribution in [0, 0.1) is 6.92 Å². The van der Waals surface area contributed by atoms with E-state index in [0.717, 1.165) is 5.56 Å². The van der Waals surface area contributed by atoms with Crippen LogP contribution < -0.4 is 10.1 Å². The van der Waals surface area contributed by atoms with E-state index < -0.39 is 12.1 Å². The Bertz CT molecular complexity index is 791. The van der Waals surface area contributed by atoms with Crippen molar-refractivity contribution in [2.24, 2.45) is 0 Å². The third kappa shape index (κ3) is 4.99. The average molecular weight is 376 g/mol. The Labute approximate surface area is 158 Å². The van der Waals surface area contributed by atoms with E-state index in [1.165, 1.54) is 12.1 Å². The van der Waals surface area contributed by atoms with E-state index in [0.29, 0.717) is 17.9 Å². The molecule has 5 nitrogen and oxygen atoms in total. The lowest BCUT2D eigenvalue weighted by Crippen LogP contribution is -2.32. The maximum atomic E-state index is 12.5. The van der Waals surface area contributed by atoms with Crippen molar-refractivity contribution in [1.29, 1.82) is 0 Å². The number of carbonyl (C=O) groups is 2. The van der Waals surface area contributed by atoms with Crippen molar-refractivity contribution < 1.29 is 19.1 Å². The van der Waals surface area contributed by atoms with Gasteiger partial charge in [0.1, 0.15) is 5.75 Å². The van der Waals surface area contributed by atoms with Gasteiger partial charge in [0.25, 0.3) is 5.91 Å². The first kappa shape index (κ1) is 19.8. The molecule has 2 aromatic carbocycles. The Morgan fingerprint density at radius 2 is 1.88 bits per heavy atom. The molecular weight excluding hydrogens is 354 g/mol. The smallest absolute Gasteiger partial charge is 0.339 e. The van der Waals surface area contributed by atoms with Gasteiger partial charge in [-0.05, 0) is 50.1 Å². The summed E-state index contributed by atoms with van der Waals surface area (Å²) in [5.74, 6) is -0.106. The van der Waals surface area contributed by atoms with Gasteiger partial charge in [0.05, 0.1) is 17.2 Å². The number of halogens is 1. The molecule has 0 spiro atoms. The molecule has 2 rings (SSSR count). The molecule has 0 bridgehead atoms. The first-order chi connectivity index (χ1) is 12.5. The Hall–Kier alpha value is -2.53. The van der Waals surface area contributed by atoms with E-state index in [2.05, 4.69) is 5.32 Å². The largest absolute Gasteiger partial charge is 0.480 e. The van der Waals surface area contributed by atoms with Gasteiger partial charge in [0.15, 0.2) is 6.10 Å². The summed E-state index contributed by atoms with van der Waals surface area (Å²) in [5, 5.41) is 2.99. The standard InChI is InChI=1S/C20H22ClNO4/c1-4-17(26-18-9-7-6-8-13(18)3)19(23)22-14-10-11-15(16(21)12-14)20(24)25-5-2/h6-12,17H,4-5H2,1-3H3,(H,22,23)/t17-/m1/s1. The number of nitrogens with one attached hydrogen (secondary N) is 1. The van der Waals surface area contributed by atoms with Crippen LogP contribution in [-0.4, -0.2) is 24.6 Å². The quantitative estimate of drug-likeness (QED) is 0.717. The highest BCUT2D eigenvalue weighted by atomic mass is 35.5. The number of benzene rings is 2. The molecule has 2 aromatic rings. The number of esters is 1. The molecule has 0 saturated carbocycles. The van der Waals surface area contributed by atoms with Crippen molar-refractivity contribution in [3.05, 3.63) is 58.6 Å². The predicted molar refractivity (Wildman–Crippen MR) is 102 cm³/mol. The lowest BCUT2D eigenvalue weighted by atomic mass is 10.2. The third-order valence-corrected chi connectivity index (χ3v) is 4.07. The van der Waals surface area contributed by atoms with Crippen LogP contribution in [0.25, 0.3) is 0 Å². The molecule has 0 radical (unpaired) electrons. The highest BCUT2D eigenvalue weighted by Gasteiger charge is 2.20. The summed E-state index contributed by atoms with van der Waals surface area (Å²) in [6, 6.07) is 12.2. The zero-order valence-corrected chi connectivity index (χ0v) is 15.8. The second-order valence-corrected chi connectivity index (χ2v) is 6.09. The first-order valence-electron chi connectivity index (χ1n) is 8.46. The Balaban J connectivity index is 2.09. The molecule has 26 heavy (non-hydrogen) atoms. The Morgan fingerprint density at radius 1 is 1.15 bits per heavy atom. The monoisotopic (exact) mass is 375 g/mol. The van der Waals surface area contributed by atoms with Crippen LogP contribution in [-0.2, 0) is 9.53 Å². The van der Waals surface area contributed by atoms with E-state index in [-0.39, 0.29) is 23.1 Å². The maximum Gasteiger partial charge on any atom is 0.339 e. The molecule has 0 aliphatic rings. The van der Waals surface area contributed by atoms with Gasteiger partial charge in [-0.25, -0.2) is 4.79 Å². The summed E-state index contributed by atoms with van der Waals surface area (Å²) in [4.78, 5) is 24.3. The van der Waals surface area contributed by atoms with E-state index in [1.54, 1.807) is 13.0 Å². The van der Waals surface area contributed by atoms with Crippen molar-refractivity contribution in [2.75, 3.05) is 11.9 Å². The van der Waals surface area contributed by atoms with Gasteiger partial charge in [-0.3, -0.25) is 4.79 Å². The highest BCUT2D eigenvalue weighted by Crippen LogP contribution is 2.23. The number of carbonyl (C=O) groups excluding carboxylic acids is 2. The Kier molecular flexibility index (Phi) is 7.04. The van der Waals surface area contributed by atoms with Crippen molar-refractivity contribution in [2.45, 2.75) is 33.3 Å². The molecule has 1 amide bonds. The molecular formula is C20H22ClNO4. The second-order valence-electron chi connectivity index (χ2n) is 5.68. The lowest BCUT2D eigenvalue weighted by molar-refractivity contribution is -0.122. The van der Waals surface area contributed by atoms with Crippen molar-refractivity contribution in [3.63, 3.8) is 0 Å². The predicted octanol–water partition coefficient (Wildman–Crippen LogP) is 4.62. The van der Waals surface area contributed by atoms with Crippen LogP contribution in [0.5, 0.6) is 5.75 Å². The number of anilines is 1. The molecule has 0 saturated heterocycles. The fraction of sp³-hybridized carbons (Fsp3) is 0.300. The molecule has 138 valence electrons. The van der Waals surface area contributed by atoms with Gasteiger partial charge in [-0.15, -0.1) is 0 Å². The molecule has 6 heteroatoms. The molecule has 1 N–H and O–H groups in total.